The molecule has 1 N–H and O–H groups in total. The highest BCUT2D eigenvalue weighted by Gasteiger charge is 2.34. The molecule has 126 valence electrons. The average molecular weight is 350 g/mol. The molecule has 25 heavy (non-hydrogen) atoms. The largest absolute Gasteiger partial charge is 0.366 e. The molecule has 2 aromatic carbocycles. The maximum absolute atomic E-state index is 6.19. The lowest BCUT2D eigenvalue weighted by Crippen LogP contribution is -2.23. The Balaban J connectivity index is 1.52. The van der Waals surface area contributed by atoms with E-state index in [0.717, 1.165) is 24.5 Å². The standard InChI is InChI=1S/C21H20ClN3/c22-21-24-19(18-12-11-17(18)16-9-5-2-6-10-16)13-20(25-21)23-14-15-7-3-1-4-8-15/h1-10,13,17-18H,11-12,14H2,(H,23,24,25)/t17?,18-/m0/s1. The molecular weight excluding hydrogens is 330 g/mol. The monoisotopic (exact) mass is 349 g/mol. The van der Waals surface area contributed by atoms with Gasteiger partial charge in [-0.05, 0) is 41.5 Å². The lowest BCUT2D eigenvalue weighted by molar-refractivity contribution is 0.339. The Morgan fingerprint density at radius 2 is 1.56 bits per heavy atom. The number of nitrogens with zero attached hydrogens (tertiary/aromatic N) is 2. The number of nitrogens with one attached hydrogen (secondary N) is 1. The average Bonchev–Trinajstić information content (AvgIpc) is 2.60. The molecule has 1 heterocycles. The maximum Gasteiger partial charge on any atom is 0.224 e. The van der Waals surface area contributed by atoms with Gasteiger partial charge in [-0.25, -0.2) is 9.97 Å². The fourth-order valence-electron chi connectivity index (χ4n) is 3.46. The van der Waals surface area contributed by atoms with Gasteiger partial charge in [-0.2, -0.15) is 0 Å². The van der Waals surface area contributed by atoms with Gasteiger partial charge in [0.25, 0.3) is 0 Å². The van der Waals surface area contributed by atoms with E-state index >= 15 is 0 Å². The Hall–Kier alpha value is -2.39. The molecule has 4 heteroatoms. The van der Waals surface area contributed by atoms with Crippen molar-refractivity contribution < 1.29 is 0 Å². The van der Waals surface area contributed by atoms with E-state index in [0.29, 0.717) is 17.1 Å². The third kappa shape index (κ3) is 3.67. The van der Waals surface area contributed by atoms with Crippen LogP contribution in [0, 0.1) is 0 Å². The van der Waals surface area contributed by atoms with Crippen LogP contribution in [0.25, 0.3) is 0 Å². The molecule has 3 aromatic rings. The highest BCUT2D eigenvalue weighted by Crippen LogP contribution is 2.48. The number of benzene rings is 2. The van der Waals surface area contributed by atoms with Gasteiger partial charge >= 0.3 is 0 Å². The van der Waals surface area contributed by atoms with Crippen LogP contribution in [0.2, 0.25) is 5.28 Å². The minimum absolute atomic E-state index is 0.312. The molecule has 1 fully saturated rings. The van der Waals surface area contributed by atoms with E-state index in [1.165, 1.54) is 17.5 Å². The first kappa shape index (κ1) is 16.1. The van der Waals surface area contributed by atoms with Crippen LogP contribution in [0.3, 0.4) is 0 Å². The van der Waals surface area contributed by atoms with Crippen molar-refractivity contribution >= 4 is 17.4 Å². The Kier molecular flexibility index (Phi) is 4.66. The number of aromatic nitrogens is 2. The van der Waals surface area contributed by atoms with Gasteiger partial charge in [-0.15, -0.1) is 0 Å². The van der Waals surface area contributed by atoms with E-state index in [1.54, 1.807) is 0 Å². The van der Waals surface area contributed by atoms with Gasteiger partial charge in [0.1, 0.15) is 5.82 Å². The van der Waals surface area contributed by atoms with Crippen molar-refractivity contribution in [3.8, 4) is 0 Å². The summed E-state index contributed by atoms with van der Waals surface area (Å²) in [5.74, 6) is 1.73. The molecule has 1 saturated carbocycles. The number of rotatable bonds is 5. The molecule has 2 atom stereocenters. The number of hydrogen-bond acceptors (Lipinski definition) is 3. The summed E-state index contributed by atoms with van der Waals surface area (Å²) in [6, 6.07) is 23.0. The van der Waals surface area contributed by atoms with Crippen LogP contribution in [0.4, 0.5) is 5.82 Å². The van der Waals surface area contributed by atoms with Gasteiger partial charge in [0, 0.05) is 18.5 Å². The predicted molar refractivity (Wildman–Crippen MR) is 102 cm³/mol. The summed E-state index contributed by atoms with van der Waals surface area (Å²) in [5, 5.41) is 3.68. The Morgan fingerprint density at radius 1 is 0.880 bits per heavy atom. The van der Waals surface area contributed by atoms with Crippen molar-refractivity contribution in [2.75, 3.05) is 5.32 Å². The summed E-state index contributed by atoms with van der Waals surface area (Å²) in [7, 11) is 0. The highest BCUT2D eigenvalue weighted by molar-refractivity contribution is 6.28. The van der Waals surface area contributed by atoms with Crippen molar-refractivity contribution in [1.82, 2.24) is 9.97 Å². The molecule has 0 amide bonds. The molecule has 4 rings (SSSR count). The van der Waals surface area contributed by atoms with Crippen LogP contribution in [0.5, 0.6) is 0 Å². The molecule has 1 unspecified atom stereocenters. The lowest BCUT2D eigenvalue weighted by Gasteiger charge is -2.36. The molecule has 0 bridgehead atoms. The minimum atomic E-state index is 0.312. The Bertz CT molecular complexity index is 836. The first-order valence-corrected chi connectivity index (χ1v) is 9.04. The lowest BCUT2D eigenvalue weighted by atomic mass is 9.68. The smallest absolute Gasteiger partial charge is 0.224 e. The van der Waals surface area contributed by atoms with Crippen molar-refractivity contribution in [3.05, 3.63) is 88.8 Å². The molecule has 0 aliphatic heterocycles. The van der Waals surface area contributed by atoms with Crippen molar-refractivity contribution in [3.63, 3.8) is 0 Å². The van der Waals surface area contributed by atoms with Gasteiger partial charge in [-0.1, -0.05) is 60.7 Å². The summed E-state index contributed by atoms with van der Waals surface area (Å²) in [4.78, 5) is 8.83. The summed E-state index contributed by atoms with van der Waals surface area (Å²) >= 11 is 6.19. The molecule has 1 aromatic heterocycles. The summed E-state index contributed by atoms with van der Waals surface area (Å²) in [5.41, 5.74) is 3.63. The molecule has 1 aliphatic rings. The van der Waals surface area contributed by atoms with E-state index in [9.17, 15) is 0 Å². The molecule has 3 nitrogen and oxygen atoms in total. The van der Waals surface area contributed by atoms with Crippen molar-refractivity contribution in [2.45, 2.75) is 31.2 Å². The van der Waals surface area contributed by atoms with E-state index < -0.39 is 0 Å². The second kappa shape index (κ2) is 7.24. The molecule has 0 radical (unpaired) electrons. The molecule has 0 spiro atoms. The van der Waals surface area contributed by atoms with E-state index in [-0.39, 0.29) is 0 Å². The summed E-state index contributed by atoms with van der Waals surface area (Å²) in [6.45, 7) is 0.723. The van der Waals surface area contributed by atoms with Gasteiger partial charge in [0.05, 0.1) is 5.69 Å². The first-order valence-electron chi connectivity index (χ1n) is 8.67. The highest BCUT2D eigenvalue weighted by atomic mass is 35.5. The van der Waals surface area contributed by atoms with Gasteiger partial charge in [0.15, 0.2) is 0 Å². The molecule has 0 saturated heterocycles. The second-order valence-corrected chi connectivity index (χ2v) is 6.83. The number of hydrogen-bond donors (Lipinski definition) is 1. The van der Waals surface area contributed by atoms with Gasteiger partial charge in [-0.3, -0.25) is 0 Å². The normalized spacial score (nSPS) is 19.2. The topological polar surface area (TPSA) is 37.8 Å². The minimum Gasteiger partial charge on any atom is -0.366 e. The Morgan fingerprint density at radius 3 is 2.24 bits per heavy atom. The van der Waals surface area contributed by atoms with Crippen LogP contribution >= 0.6 is 11.6 Å². The zero-order chi connectivity index (χ0) is 17.1. The zero-order valence-electron chi connectivity index (χ0n) is 13.9. The zero-order valence-corrected chi connectivity index (χ0v) is 14.7. The summed E-state index contributed by atoms with van der Waals surface area (Å²) in [6.07, 6.45) is 2.34. The van der Waals surface area contributed by atoms with E-state index in [4.69, 9.17) is 11.6 Å². The quantitative estimate of drug-likeness (QED) is 0.626. The molecule has 1 aliphatic carbocycles. The van der Waals surface area contributed by atoms with Crippen LogP contribution in [0.15, 0.2) is 66.7 Å². The third-order valence-corrected chi connectivity index (χ3v) is 5.09. The van der Waals surface area contributed by atoms with E-state index in [2.05, 4.69) is 63.8 Å². The van der Waals surface area contributed by atoms with Crippen LogP contribution in [-0.2, 0) is 6.54 Å². The van der Waals surface area contributed by atoms with E-state index in [1.807, 2.05) is 18.2 Å². The van der Waals surface area contributed by atoms with Crippen molar-refractivity contribution in [1.29, 1.82) is 0 Å². The van der Waals surface area contributed by atoms with Crippen LogP contribution < -0.4 is 5.32 Å². The fraction of sp³-hybridized carbons (Fsp3) is 0.238. The molecular formula is C21H20ClN3. The summed E-state index contributed by atoms with van der Waals surface area (Å²) < 4.78 is 0. The van der Waals surface area contributed by atoms with Crippen LogP contribution in [0.1, 0.15) is 41.5 Å². The predicted octanol–water partition coefficient (Wildman–Crippen LogP) is 5.40. The SMILES string of the molecule is Clc1nc(NCc2ccccc2)cc([C@H]2CCC2c2ccccc2)n1. The number of halogens is 1. The second-order valence-electron chi connectivity index (χ2n) is 6.49. The van der Waals surface area contributed by atoms with Gasteiger partial charge in [0.2, 0.25) is 5.28 Å². The fourth-order valence-corrected chi connectivity index (χ4v) is 3.65. The maximum atomic E-state index is 6.19. The van der Waals surface area contributed by atoms with Gasteiger partial charge < -0.3 is 5.32 Å². The Labute approximate surface area is 153 Å². The first-order chi connectivity index (χ1) is 12.3. The van der Waals surface area contributed by atoms with Crippen molar-refractivity contribution in [2.24, 2.45) is 0 Å². The third-order valence-electron chi connectivity index (χ3n) is 4.92. The number of anilines is 1. The van der Waals surface area contributed by atoms with Crippen LogP contribution in [-0.4, -0.2) is 9.97 Å².